The second kappa shape index (κ2) is 7.35. The maximum atomic E-state index is 12.8. The van der Waals surface area contributed by atoms with Gasteiger partial charge in [0.25, 0.3) is 0 Å². The third-order valence-corrected chi connectivity index (χ3v) is 2.97. The van der Waals surface area contributed by atoms with E-state index in [2.05, 4.69) is 10.4 Å². The molecule has 0 aliphatic heterocycles. The van der Waals surface area contributed by atoms with E-state index in [1.165, 1.54) is 35.2 Å². The molecule has 23 heavy (non-hydrogen) atoms. The quantitative estimate of drug-likeness (QED) is 0.679. The first kappa shape index (κ1) is 16.4. The van der Waals surface area contributed by atoms with Crippen LogP contribution in [0.1, 0.15) is 22.8 Å². The normalized spacial score (nSPS) is 10.7. The summed E-state index contributed by atoms with van der Waals surface area (Å²) in [6, 6.07) is 5.70. The predicted octanol–water partition coefficient (Wildman–Crippen LogP) is 2.39. The van der Waals surface area contributed by atoms with Gasteiger partial charge >= 0.3 is 5.97 Å². The Kier molecular flexibility index (Phi) is 5.24. The number of aromatic nitrogens is 2. The van der Waals surface area contributed by atoms with Crippen molar-refractivity contribution in [3.05, 3.63) is 53.5 Å². The van der Waals surface area contributed by atoms with Crippen LogP contribution in [0.5, 0.6) is 0 Å². The van der Waals surface area contributed by atoms with E-state index in [9.17, 15) is 14.0 Å². The molecule has 2 aromatic rings. The molecule has 6 nitrogen and oxygen atoms in total. The van der Waals surface area contributed by atoms with Gasteiger partial charge in [-0.05, 0) is 30.7 Å². The molecule has 0 saturated heterocycles. The van der Waals surface area contributed by atoms with E-state index in [0.717, 1.165) is 0 Å². The molecule has 0 spiro atoms. The first-order valence-electron chi connectivity index (χ1n) is 6.95. The summed E-state index contributed by atoms with van der Waals surface area (Å²) < 4.78 is 19.1. The van der Waals surface area contributed by atoms with Gasteiger partial charge in [0.15, 0.2) is 0 Å². The van der Waals surface area contributed by atoms with E-state index in [1.54, 1.807) is 26.1 Å². The highest BCUT2D eigenvalue weighted by molar-refractivity contribution is 6.05. The van der Waals surface area contributed by atoms with Crippen LogP contribution in [-0.4, -0.2) is 28.3 Å². The van der Waals surface area contributed by atoms with Gasteiger partial charge in [-0.3, -0.25) is 9.48 Å². The van der Waals surface area contributed by atoms with Crippen molar-refractivity contribution < 1.29 is 18.7 Å². The lowest BCUT2D eigenvalue weighted by Crippen LogP contribution is -2.15. The van der Waals surface area contributed by atoms with Gasteiger partial charge in [0.1, 0.15) is 17.2 Å². The van der Waals surface area contributed by atoms with Crippen molar-refractivity contribution in [3.8, 4) is 0 Å². The van der Waals surface area contributed by atoms with Crippen LogP contribution >= 0.6 is 0 Å². The topological polar surface area (TPSA) is 73.2 Å². The standard InChI is InChI=1S/C16H16FN3O3/c1-3-23-16(22)13-10-18-20(2)15(13)19-14(21)9-6-11-4-7-12(17)8-5-11/h4-10H,3H2,1-2H3,(H,19,21)/b9-6+. The summed E-state index contributed by atoms with van der Waals surface area (Å²) in [7, 11) is 1.60. The van der Waals surface area contributed by atoms with Crippen molar-refractivity contribution in [3.63, 3.8) is 0 Å². The Balaban J connectivity index is 2.09. The number of rotatable bonds is 5. The number of carbonyl (C=O) groups excluding carboxylic acids is 2. The number of nitrogens with one attached hydrogen (secondary N) is 1. The maximum Gasteiger partial charge on any atom is 0.343 e. The van der Waals surface area contributed by atoms with Crippen molar-refractivity contribution >= 4 is 23.8 Å². The van der Waals surface area contributed by atoms with Crippen LogP contribution in [0.25, 0.3) is 6.08 Å². The Bertz CT molecular complexity index is 736. The van der Waals surface area contributed by atoms with Gasteiger partial charge in [-0.25, -0.2) is 9.18 Å². The number of nitrogens with zero attached hydrogens (tertiary/aromatic N) is 2. The number of carbonyl (C=O) groups is 2. The molecule has 0 atom stereocenters. The van der Waals surface area contributed by atoms with E-state index < -0.39 is 11.9 Å². The van der Waals surface area contributed by atoms with E-state index in [4.69, 9.17) is 4.74 Å². The minimum absolute atomic E-state index is 0.179. The summed E-state index contributed by atoms with van der Waals surface area (Å²) in [5, 5.41) is 6.52. The van der Waals surface area contributed by atoms with Gasteiger partial charge in [-0.2, -0.15) is 5.10 Å². The number of amides is 1. The molecular formula is C16H16FN3O3. The Morgan fingerprint density at radius 2 is 2.04 bits per heavy atom. The lowest BCUT2D eigenvalue weighted by molar-refractivity contribution is -0.111. The summed E-state index contributed by atoms with van der Waals surface area (Å²) in [5.41, 5.74) is 0.857. The highest BCUT2D eigenvalue weighted by atomic mass is 19.1. The molecule has 0 radical (unpaired) electrons. The summed E-state index contributed by atoms with van der Waals surface area (Å²) >= 11 is 0. The van der Waals surface area contributed by atoms with Gasteiger partial charge in [-0.1, -0.05) is 12.1 Å². The fourth-order valence-corrected chi connectivity index (χ4v) is 1.85. The Morgan fingerprint density at radius 3 is 2.70 bits per heavy atom. The van der Waals surface area contributed by atoms with Crippen LogP contribution in [0.3, 0.4) is 0 Å². The molecule has 7 heteroatoms. The van der Waals surface area contributed by atoms with Crippen molar-refractivity contribution in [1.82, 2.24) is 9.78 Å². The Morgan fingerprint density at radius 1 is 1.35 bits per heavy atom. The van der Waals surface area contributed by atoms with Crippen molar-refractivity contribution in [2.75, 3.05) is 11.9 Å². The Labute approximate surface area is 132 Å². The van der Waals surface area contributed by atoms with Gasteiger partial charge in [0.2, 0.25) is 5.91 Å². The largest absolute Gasteiger partial charge is 0.462 e. The lowest BCUT2D eigenvalue weighted by atomic mass is 10.2. The summed E-state index contributed by atoms with van der Waals surface area (Å²) in [6.07, 6.45) is 4.15. The Hall–Kier alpha value is -2.96. The van der Waals surface area contributed by atoms with Gasteiger partial charge < -0.3 is 10.1 Å². The molecule has 0 unspecified atom stereocenters. The zero-order valence-electron chi connectivity index (χ0n) is 12.7. The zero-order chi connectivity index (χ0) is 16.8. The third kappa shape index (κ3) is 4.26. The molecule has 1 amide bonds. The average molecular weight is 317 g/mol. The monoisotopic (exact) mass is 317 g/mol. The number of halogens is 1. The van der Waals surface area contributed by atoms with E-state index in [0.29, 0.717) is 5.56 Å². The number of ether oxygens (including phenoxy) is 1. The fraction of sp³-hybridized carbons (Fsp3) is 0.188. The van der Waals surface area contributed by atoms with Crippen molar-refractivity contribution in [2.24, 2.45) is 7.05 Å². The third-order valence-electron chi connectivity index (χ3n) is 2.97. The number of esters is 1. The maximum absolute atomic E-state index is 12.8. The van der Waals surface area contributed by atoms with Crippen LogP contribution < -0.4 is 5.32 Å². The SMILES string of the molecule is CCOC(=O)c1cnn(C)c1NC(=O)/C=C/c1ccc(F)cc1. The second-order valence-electron chi connectivity index (χ2n) is 4.63. The van der Waals surface area contributed by atoms with Gasteiger partial charge in [0.05, 0.1) is 12.8 Å². The number of benzene rings is 1. The zero-order valence-corrected chi connectivity index (χ0v) is 12.7. The van der Waals surface area contributed by atoms with Crippen molar-refractivity contribution in [2.45, 2.75) is 6.92 Å². The molecule has 1 aromatic heterocycles. The van der Waals surface area contributed by atoms with E-state index >= 15 is 0 Å². The average Bonchev–Trinajstić information content (AvgIpc) is 2.88. The fourth-order valence-electron chi connectivity index (χ4n) is 1.85. The summed E-state index contributed by atoms with van der Waals surface area (Å²) in [6.45, 7) is 1.92. The molecule has 0 saturated carbocycles. The summed E-state index contributed by atoms with van der Waals surface area (Å²) in [4.78, 5) is 23.8. The first-order chi connectivity index (χ1) is 11.0. The predicted molar refractivity (Wildman–Crippen MR) is 83.2 cm³/mol. The number of anilines is 1. The van der Waals surface area contributed by atoms with Crippen LogP contribution in [0.2, 0.25) is 0 Å². The number of hydrogen-bond donors (Lipinski definition) is 1. The van der Waals surface area contributed by atoms with Gasteiger partial charge in [-0.15, -0.1) is 0 Å². The van der Waals surface area contributed by atoms with E-state index in [-0.39, 0.29) is 23.8 Å². The van der Waals surface area contributed by atoms with Crippen LogP contribution in [0, 0.1) is 5.82 Å². The van der Waals surface area contributed by atoms with Gasteiger partial charge in [0, 0.05) is 13.1 Å². The second-order valence-corrected chi connectivity index (χ2v) is 4.63. The molecule has 1 heterocycles. The molecule has 2 rings (SSSR count). The molecule has 0 fully saturated rings. The molecule has 0 aliphatic rings. The van der Waals surface area contributed by atoms with Crippen molar-refractivity contribution in [1.29, 1.82) is 0 Å². The van der Waals surface area contributed by atoms with E-state index in [1.807, 2.05) is 0 Å². The highest BCUT2D eigenvalue weighted by Gasteiger charge is 2.18. The minimum atomic E-state index is -0.557. The summed E-state index contributed by atoms with van der Waals surface area (Å²) in [5.74, 6) is -1.10. The minimum Gasteiger partial charge on any atom is -0.462 e. The molecular weight excluding hydrogens is 301 g/mol. The first-order valence-corrected chi connectivity index (χ1v) is 6.95. The number of aryl methyl sites for hydroxylation is 1. The molecule has 0 bridgehead atoms. The van der Waals surface area contributed by atoms with Crippen LogP contribution in [-0.2, 0) is 16.6 Å². The van der Waals surface area contributed by atoms with Crippen LogP contribution in [0.4, 0.5) is 10.2 Å². The lowest BCUT2D eigenvalue weighted by Gasteiger charge is -2.06. The molecule has 1 N–H and O–H groups in total. The smallest absolute Gasteiger partial charge is 0.343 e. The molecule has 0 aliphatic carbocycles. The highest BCUT2D eigenvalue weighted by Crippen LogP contribution is 2.15. The number of hydrogen-bond acceptors (Lipinski definition) is 4. The molecule has 120 valence electrons. The van der Waals surface area contributed by atoms with Crippen LogP contribution in [0.15, 0.2) is 36.5 Å². The molecule has 1 aromatic carbocycles.